The number of sulfonamides is 1. The number of likely N-dealkylation sites (N-methyl/N-ethyl adjacent to an activating group) is 1. The lowest BCUT2D eigenvalue weighted by Gasteiger charge is -2.28. The Hall–Kier alpha value is -2.61. The van der Waals surface area contributed by atoms with Crippen LogP contribution in [0.2, 0.25) is 0 Å². The second-order valence-corrected chi connectivity index (χ2v) is 7.23. The van der Waals surface area contributed by atoms with E-state index in [4.69, 9.17) is 14.2 Å². The maximum atomic E-state index is 12.8. The molecule has 8 heteroatoms. The van der Waals surface area contributed by atoms with Gasteiger partial charge in [0.15, 0.2) is 0 Å². The molecule has 0 saturated heterocycles. The lowest BCUT2D eigenvalue weighted by molar-refractivity contribution is 0.311. The molecule has 0 unspecified atom stereocenters. The third-order valence-electron chi connectivity index (χ3n) is 3.97. The molecule has 134 valence electrons. The fourth-order valence-corrected chi connectivity index (χ4v) is 3.82. The Balaban J connectivity index is 1.93. The van der Waals surface area contributed by atoms with Crippen molar-refractivity contribution in [3.8, 4) is 17.2 Å². The Morgan fingerprint density at radius 3 is 2.64 bits per heavy atom. The molecular formula is C17H20N2O5S. The summed E-state index contributed by atoms with van der Waals surface area (Å²) in [6, 6.07) is 9.74. The smallest absolute Gasteiger partial charge is 0.265 e. The second-order valence-electron chi connectivity index (χ2n) is 5.57. The van der Waals surface area contributed by atoms with Crippen LogP contribution in [0.3, 0.4) is 0 Å². The van der Waals surface area contributed by atoms with Crippen LogP contribution >= 0.6 is 0 Å². The lowest BCUT2D eigenvalue weighted by atomic mass is 10.2. The summed E-state index contributed by atoms with van der Waals surface area (Å²) in [6.45, 7) is 1.35. The van der Waals surface area contributed by atoms with Crippen molar-refractivity contribution in [2.45, 2.75) is 4.90 Å². The molecule has 0 spiro atoms. The van der Waals surface area contributed by atoms with Gasteiger partial charge >= 0.3 is 0 Å². The number of nitrogens with zero attached hydrogens (tertiary/aromatic N) is 1. The van der Waals surface area contributed by atoms with Crippen LogP contribution in [-0.4, -0.2) is 42.8 Å². The monoisotopic (exact) mass is 364 g/mol. The van der Waals surface area contributed by atoms with E-state index in [0.717, 1.165) is 18.0 Å². The number of anilines is 2. The van der Waals surface area contributed by atoms with Gasteiger partial charge in [0.2, 0.25) is 0 Å². The van der Waals surface area contributed by atoms with Crippen molar-refractivity contribution in [1.29, 1.82) is 0 Å². The van der Waals surface area contributed by atoms with E-state index in [1.54, 1.807) is 24.3 Å². The molecule has 1 heterocycles. The fourth-order valence-electron chi connectivity index (χ4n) is 2.62. The van der Waals surface area contributed by atoms with Crippen LogP contribution in [0, 0.1) is 0 Å². The molecular weight excluding hydrogens is 344 g/mol. The molecule has 0 bridgehead atoms. The van der Waals surface area contributed by atoms with Gasteiger partial charge in [0.1, 0.15) is 28.8 Å². The van der Waals surface area contributed by atoms with Crippen molar-refractivity contribution in [1.82, 2.24) is 0 Å². The topological polar surface area (TPSA) is 77.1 Å². The Morgan fingerprint density at radius 1 is 1.12 bits per heavy atom. The van der Waals surface area contributed by atoms with Crippen molar-refractivity contribution < 1.29 is 22.6 Å². The predicted octanol–water partition coefficient (Wildman–Crippen LogP) is 2.33. The van der Waals surface area contributed by atoms with E-state index < -0.39 is 10.0 Å². The van der Waals surface area contributed by atoms with Crippen LogP contribution in [0.25, 0.3) is 0 Å². The molecule has 2 aromatic carbocycles. The van der Waals surface area contributed by atoms with Crippen LogP contribution in [-0.2, 0) is 10.0 Å². The largest absolute Gasteiger partial charge is 0.497 e. The summed E-state index contributed by atoms with van der Waals surface area (Å²) in [5.41, 5.74) is 1.29. The summed E-state index contributed by atoms with van der Waals surface area (Å²) in [6.07, 6.45) is 0. The summed E-state index contributed by atoms with van der Waals surface area (Å²) in [4.78, 5) is 2.06. The number of fused-ring (bicyclic) bond motifs is 1. The van der Waals surface area contributed by atoms with Crippen LogP contribution in [0.4, 0.5) is 11.4 Å². The van der Waals surface area contributed by atoms with Crippen molar-refractivity contribution in [2.75, 3.05) is 44.0 Å². The Bertz CT molecular complexity index is 883. The Labute approximate surface area is 147 Å². The van der Waals surface area contributed by atoms with Crippen molar-refractivity contribution in [3.05, 3.63) is 36.4 Å². The first kappa shape index (κ1) is 17.2. The fraction of sp³-hybridized carbons (Fsp3) is 0.294. The van der Waals surface area contributed by atoms with Gasteiger partial charge in [0.05, 0.1) is 32.1 Å². The zero-order valence-electron chi connectivity index (χ0n) is 14.3. The summed E-state index contributed by atoms with van der Waals surface area (Å²) in [5.74, 6) is 1.47. The highest BCUT2D eigenvalue weighted by molar-refractivity contribution is 7.92. The van der Waals surface area contributed by atoms with E-state index in [9.17, 15) is 8.42 Å². The van der Waals surface area contributed by atoms with E-state index in [1.165, 1.54) is 26.4 Å². The van der Waals surface area contributed by atoms with E-state index in [0.29, 0.717) is 18.0 Å². The molecule has 0 aromatic heterocycles. The number of ether oxygens (including phenoxy) is 3. The van der Waals surface area contributed by atoms with Crippen LogP contribution in [0.1, 0.15) is 0 Å². The quantitative estimate of drug-likeness (QED) is 0.877. The zero-order valence-corrected chi connectivity index (χ0v) is 15.1. The van der Waals surface area contributed by atoms with Crippen molar-refractivity contribution in [3.63, 3.8) is 0 Å². The average Bonchev–Trinajstić information content (AvgIpc) is 2.61. The molecule has 0 fully saturated rings. The third-order valence-corrected chi connectivity index (χ3v) is 5.39. The highest BCUT2D eigenvalue weighted by Gasteiger charge is 2.22. The SMILES string of the molecule is COc1ccc(S(=O)(=O)Nc2ccc3c(c2)N(C)CCO3)c(OC)c1. The standard InChI is InChI=1S/C17H20N2O5S/c1-19-8-9-24-15-6-4-12(10-14(15)19)18-25(20,21)17-7-5-13(22-2)11-16(17)23-3/h4-7,10-11,18H,8-9H2,1-3H3. The van der Waals surface area contributed by atoms with Crippen LogP contribution in [0.15, 0.2) is 41.3 Å². The number of hydrogen-bond acceptors (Lipinski definition) is 6. The van der Waals surface area contributed by atoms with Gasteiger partial charge in [-0.15, -0.1) is 0 Å². The third kappa shape index (κ3) is 3.43. The molecule has 0 amide bonds. The minimum atomic E-state index is -3.81. The summed E-state index contributed by atoms with van der Waals surface area (Å²) in [7, 11) is 1.04. The average molecular weight is 364 g/mol. The maximum Gasteiger partial charge on any atom is 0.265 e. The molecule has 7 nitrogen and oxygen atoms in total. The molecule has 25 heavy (non-hydrogen) atoms. The van der Waals surface area contributed by atoms with Gasteiger partial charge in [-0.1, -0.05) is 0 Å². The number of benzene rings is 2. The highest BCUT2D eigenvalue weighted by atomic mass is 32.2. The first-order valence-electron chi connectivity index (χ1n) is 7.67. The van der Waals surface area contributed by atoms with Gasteiger partial charge in [0.25, 0.3) is 10.0 Å². The van der Waals surface area contributed by atoms with E-state index >= 15 is 0 Å². The van der Waals surface area contributed by atoms with E-state index in [1.807, 2.05) is 11.9 Å². The van der Waals surface area contributed by atoms with Gasteiger partial charge in [-0.25, -0.2) is 8.42 Å². The number of nitrogens with one attached hydrogen (secondary N) is 1. The normalized spacial score (nSPS) is 13.6. The zero-order chi connectivity index (χ0) is 18.0. The number of rotatable bonds is 5. The number of methoxy groups -OCH3 is 2. The second kappa shape index (κ2) is 6.72. The van der Waals surface area contributed by atoms with Crippen molar-refractivity contribution >= 4 is 21.4 Å². The summed E-state index contributed by atoms with van der Waals surface area (Å²) < 4.78 is 44.0. The minimum absolute atomic E-state index is 0.0399. The van der Waals surface area contributed by atoms with Crippen LogP contribution < -0.4 is 23.8 Å². The molecule has 0 atom stereocenters. The van der Waals surface area contributed by atoms with E-state index in [-0.39, 0.29) is 10.6 Å². The van der Waals surface area contributed by atoms with Gasteiger partial charge in [0, 0.05) is 13.1 Å². The molecule has 0 aliphatic carbocycles. The molecule has 0 saturated carbocycles. The summed E-state index contributed by atoms with van der Waals surface area (Å²) in [5, 5.41) is 0. The molecule has 0 radical (unpaired) electrons. The van der Waals surface area contributed by atoms with Gasteiger partial charge in [-0.3, -0.25) is 4.72 Å². The molecule has 2 aromatic rings. The lowest BCUT2D eigenvalue weighted by Crippen LogP contribution is -2.28. The summed E-state index contributed by atoms with van der Waals surface area (Å²) >= 11 is 0. The maximum absolute atomic E-state index is 12.8. The first-order chi connectivity index (χ1) is 11.9. The Kier molecular flexibility index (Phi) is 4.63. The minimum Gasteiger partial charge on any atom is -0.497 e. The van der Waals surface area contributed by atoms with Gasteiger partial charge < -0.3 is 19.1 Å². The highest BCUT2D eigenvalue weighted by Crippen LogP contribution is 2.35. The van der Waals surface area contributed by atoms with E-state index in [2.05, 4.69) is 4.72 Å². The molecule has 1 aliphatic heterocycles. The first-order valence-corrected chi connectivity index (χ1v) is 9.16. The molecule has 3 rings (SSSR count). The van der Waals surface area contributed by atoms with Crippen molar-refractivity contribution in [2.24, 2.45) is 0 Å². The predicted molar refractivity (Wildman–Crippen MR) is 95.6 cm³/mol. The Morgan fingerprint density at radius 2 is 1.92 bits per heavy atom. The van der Waals surface area contributed by atoms with Gasteiger partial charge in [-0.2, -0.15) is 0 Å². The molecule has 1 N–H and O–H groups in total. The molecule has 1 aliphatic rings. The number of hydrogen-bond donors (Lipinski definition) is 1. The van der Waals surface area contributed by atoms with Gasteiger partial charge in [-0.05, 0) is 30.3 Å². The van der Waals surface area contributed by atoms with Crippen LogP contribution in [0.5, 0.6) is 17.2 Å².